The van der Waals surface area contributed by atoms with Crippen LogP contribution < -0.4 is 14.2 Å². The quantitative estimate of drug-likeness (QED) is 0.625. The molecular formula is C15H12O4. The summed E-state index contributed by atoms with van der Waals surface area (Å²) in [7, 11) is 0. The van der Waals surface area contributed by atoms with Gasteiger partial charge in [-0.25, -0.2) is 0 Å². The predicted molar refractivity (Wildman–Crippen MR) is 68.3 cm³/mol. The molecule has 0 saturated heterocycles. The lowest BCUT2D eigenvalue weighted by molar-refractivity contribution is -0.133. The molecule has 0 aromatic heterocycles. The molecule has 2 aromatic rings. The minimum atomic E-state index is -0.301. The fraction of sp³-hybridized carbons (Fsp3) is 0.133. The van der Waals surface area contributed by atoms with Crippen molar-refractivity contribution >= 4 is 5.97 Å². The lowest BCUT2D eigenvalue weighted by Gasteiger charge is -2.04. The molecule has 0 aliphatic carbocycles. The van der Waals surface area contributed by atoms with Crippen LogP contribution in [0.15, 0.2) is 48.5 Å². The molecule has 0 saturated carbocycles. The number of fused-ring (bicyclic) bond motifs is 1. The monoisotopic (exact) mass is 256 g/mol. The van der Waals surface area contributed by atoms with Gasteiger partial charge in [-0.3, -0.25) is 4.79 Å². The molecule has 1 aliphatic heterocycles. The smallest absolute Gasteiger partial charge is 0.315 e. The number of ether oxygens (including phenoxy) is 3. The van der Waals surface area contributed by atoms with E-state index in [2.05, 4.69) is 0 Å². The Bertz CT molecular complexity index is 592. The second-order valence-corrected chi connectivity index (χ2v) is 4.15. The maximum Gasteiger partial charge on any atom is 0.315 e. The van der Waals surface area contributed by atoms with Gasteiger partial charge in [0, 0.05) is 0 Å². The minimum Gasteiger partial charge on any atom is -0.454 e. The Morgan fingerprint density at radius 1 is 1.05 bits per heavy atom. The molecular weight excluding hydrogens is 244 g/mol. The average molecular weight is 256 g/mol. The molecule has 0 fully saturated rings. The Hall–Kier alpha value is -2.49. The molecule has 4 nitrogen and oxygen atoms in total. The van der Waals surface area contributed by atoms with Crippen LogP contribution in [0.2, 0.25) is 0 Å². The van der Waals surface area contributed by atoms with E-state index in [-0.39, 0.29) is 19.2 Å². The van der Waals surface area contributed by atoms with E-state index in [4.69, 9.17) is 14.2 Å². The lowest BCUT2D eigenvalue weighted by Crippen LogP contribution is -2.11. The third-order valence-corrected chi connectivity index (χ3v) is 2.76. The SMILES string of the molecule is O=C(Cc1ccc2c(c1)OCO2)Oc1ccccc1. The molecule has 1 heterocycles. The van der Waals surface area contributed by atoms with E-state index in [9.17, 15) is 4.79 Å². The Balaban J connectivity index is 1.66. The van der Waals surface area contributed by atoms with Crippen LogP contribution in [-0.4, -0.2) is 12.8 Å². The van der Waals surface area contributed by atoms with Crippen molar-refractivity contribution in [2.45, 2.75) is 6.42 Å². The fourth-order valence-electron chi connectivity index (χ4n) is 1.87. The number of benzene rings is 2. The Kier molecular flexibility index (Phi) is 3.06. The first-order chi connectivity index (χ1) is 9.31. The third-order valence-electron chi connectivity index (χ3n) is 2.76. The maximum atomic E-state index is 11.8. The van der Waals surface area contributed by atoms with Crippen LogP contribution in [0.3, 0.4) is 0 Å². The highest BCUT2D eigenvalue weighted by Crippen LogP contribution is 2.32. The largest absolute Gasteiger partial charge is 0.454 e. The fourth-order valence-corrected chi connectivity index (χ4v) is 1.87. The van der Waals surface area contributed by atoms with Gasteiger partial charge in [0.15, 0.2) is 11.5 Å². The van der Waals surface area contributed by atoms with Gasteiger partial charge in [0.25, 0.3) is 0 Å². The average Bonchev–Trinajstić information content (AvgIpc) is 2.87. The zero-order valence-corrected chi connectivity index (χ0v) is 10.2. The number of carbonyl (C=O) groups is 1. The molecule has 19 heavy (non-hydrogen) atoms. The Morgan fingerprint density at radius 3 is 2.68 bits per heavy atom. The normalized spacial score (nSPS) is 12.2. The summed E-state index contributed by atoms with van der Waals surface area (Å²) in [6, 6.07) is 14.4. The van der Waals surface area contributed by atoms with Crippen molar-refractivity contribution in [3.63, 3.8) is 0 Å². The van der Waals surface area contributed by atoms with Crippen molar-refractivity contribution in [2.24, 2.45) is 0 Å². The van der Waals surface area contributed by atoms with Crippen molar-refractivity contribution in [3.05, 3.63) is 54.1 Å². The second-order valence-electron chi connectivity index (χ2n) is 4.15. The summed E-state index contributed by atoms with van der Waals surface area (Å²) in [6.45, 7) is 0.229. The van der Waals surface area contributed by atoms with Gasteiger partial charge in [-0.15, -0.1) is 0 Å². The summed E-state index contributed by atoms with van der Waals surface area (Å²) in [4.78, 5) is 11.8. The van der Waals surface area contributed by atoms with Crippen LogP contribution in [0.5, 0.6) is 17.2 Å². The molecule has 4 heteroatoms. The summed E-state index contributed by atoms with van der Waals surface area (Å²) in [5.41, 5.74) is 0.838. The van der Waals surface area contributed by atoms with Gasteiger partial charge in [-0.05, 0) is 29.8 Å². The molecule has 0 spiro atoms. The number of rotatable bonds is 3. The van der Waals surface area contributed by atoms with E-state index in [1.165, 1.54) is 0 Å². The molecule has 0 atom stereocenters. The van der Waals surface area contributed by atoms with Crippen LogP contribution in [-0.2, 0) is 11.2 Å². The van der Waals surface area contributed by atoms with Crippen molar-refractivity contribution in [1.29, 1.82) is 0 Å². The highest BCUT2D eigenvalue weighted by atomic mass is 16.7. The van der Waals surface area contributed by atoms with E-state index in [0.29, 0.717) is 17.2 Å². The summed E-state index contributed by atoms with van der Waals surface area (Å²) in [5.74, 6) is 1.63. The standard InChI is InChI=1S/C15H12O4/c16-15(19-12-4-2-1-3-5-12)9-11-6-7-13-14(8-11)18-10-17-13/h1-8H,9-10H2. The maximum absolute atomic E-state index is 11.8. The van der Waals surface area contributed by atoms with Gasteiger partial charge >= 0.3 is 5.97 Å². The van der Waals surface area contributed by atoms with E-state index in [1.807, 2.05) is 24.3 Å². The van der Waals surface area contributed by atoms with E-state index in [1.54, 1.807) is 24.3 Å². The number of hydrogen-bond donors (Lipinski definition) is 0. The highest BCUT2D eigenvalue weighted by Gasteiger charge is 2.15. The van der Waals surface area contributed by atoms with E-state index < -0.39 is 0 Å². The minimum absolute atomic E-state index is 0.200. The molecule has 0 amide bonds. The molecule has 0 radical (unpaired) electrons. The first-order valence-electron chi connectivity index (χ1n) is 5.95. The van der Waals surface area contributed by atoms with Crippen LogP contribution in [0.1, 0.15) is 5.56 Å². The lowest BCUT2D eigenvalue weighted by atomic mass is 10.1. The van der Waals surface area contributed by atoms with Crippen molar-refractivity contribution in [1.82, 2.24) is 0 Å². The third kappa shape index (κ3) is 2.68. The Labute approximate surface area is 110 Å². The summed E-state index contributed by atoms with van der Waals surface area (Å²) in [5, 5.41) is 0. The van der Waals surface area contributed by atoms with Gasteiger partial charge in [0.05, 0.1) is 6.42 Å². The number of hydrogen-bond acceptors (Lipinski definition) is 4. The summed E-state index contributed by atoms with van der Waals surface area (Å²) in [6.07, 6.45) is 0.200. The summed E-state index contributed by atoms with van der Waals surface area (Å²) >= 11 is 0. The zero-order valence-electron chi connectivity index (χ0n) is 10.2. The molecule has 0 unspecified atom stereocenters. The molecule has 1 aliphatic rings. The van der Waals surface area contributed by atoms with Gasteiger partial charge < -0.3 is 14.2 Å². The van der Waals surface area contributed by atoms with Crippen LogP contribution in [0.4, 0.5) is 0 Å². The molecule has 0 N–H and O–H groups in total. The van der Waals surface area contributed by atoms with Gasteiger partial charge in [0.1, 0.15) is 5.75 Å². The van der Waals surface area contributed by atoms with E-state index >= 15 is 0 Å². The molecule has 2 aromatic carbocycles. The van der Waals surface area contributed by atoms with E-state index in [0.717, 1.165) is 5.56 Å². The summed E-state index contributed by atoms with van der Waals surface area (Å²) < 4.78 is 15.7. The molecule has 96 valence electrons. The number of carbonyl (C=O) groups excluding carboxylic acids is 1. The molecule has 0 bridgehead atoms. The van der Waals surface area contributed by atoms with Crippen LogP contribution >= 0.6 is 0 Å². The van der Waals surface area contributed by atoms with Crippen molar-refractivity contribution < 1.29 is 19.0 Å². The van der Waals surface area contributed by atoms with Crippen molar-refractivity contribution in [2.75, 3.05) is 6.79 Å². The van der Waals surface area contributed by atoms with Gasteiger partial charge in [-0.2, -0.15) is 0 Å². The zero-order chi connectivity index (χ0) is 13.1. The van der Waals surface area contributed by atoms with Crippen molar-refractivity contribution in [3.8, 4) is 17.2 Å². The van der Waals surface area contributed by atoms with Gasteiger partial charge in [0.2, 0.25) is 6.79 Å². The first-order valence-corrected chi connectivity index (χ1v) is 5.95. The number of para-hydroxylation sites is 1. The van der Waals surface area contributed by atoms with Gasteiger partial charge in [-0.1, -0.05) is 24.3 Å². The van der Waals surface area contributed by atoms with Crippen LogP contribution in [0, 0.1) is 0 Å². The number of esters is 1. The molecule has 3 rings (SSSR count). The Morgan fingerprint density at radius 2 is 1.84 bits per heavy atom. The topological polar surface area (TPSA) is 44.8 Å². The van der Waals surface area contributed by atoms with Crippen LogP contribution in [0.25, 0.3) is 0 Å². The highest BCUT2D eigenvalue weighted by molar-refractivity contribution is 5.75. The predicted octanol–water partition coefficient (Wildman–Crippen LogP) is 2.56. The second kappa shape index (κ2) is 5.02. The first kappa shape index (κ1) is 11.6.